The minimum Gasteiger partial charge on any atom is -0.394 e. The predicted molar refractivity (Wildman–Crippen MR) is 112 cm³/mol. The van der Waals surface area contributed by atoms with Crippen LogP contribution in [0.2, 0.25) is 5.02 Å². The van der Waals surface area contributed by atoms with Crippen molar-refractivity contribution in [1.82, 2.24) is 15.3 Å². The van der Waals surface area contributed by atoms with E-state index in [9.17, 15) is 9.90 Å². The standard InChI is InChI=1S/C21H23ClN4O2/c1-13(2)25-20-9-16(17(22)11-24-20)15-8-18(23-10-15)21(28)26-19(12-27)14-6-4-3-5-7-14/h3-11,13,19,23,27H,12H2,1-2H3,(H,24,25)(H,26,28)/i1D3,2D3,13D. The van der Waals surface area contributed by atoms with Crippen molar-refractivity contribution >= 4 is 23.3 Å². The van der Waals surface area contributed by atoms with E-state index >= 15 is 0 Å². The Morgan fingerprint density at radius 2 is 2.14 bits per heavy atom. The van der Waals surface area contributed by atoms with Gasteiger partial charge in [0.2, 0.25) is 0 Å². The lowest BCUT2D eigenvalue weighted by Crippen LogP contribution is -2.30. The number of aliphatic hydroxyl groups is 1. The van der Waals surface area contributed by atoms with Crippen LogP contribution in [0.3, 0.4) is 0 Å². The van der Waals surface area contributed by atoms with Crippen molar-refractivity contribution in [2.45, 2.75) is 25.8 Å². The summed E-state index contributed by atoms with van der Waals surface area (Å²) in [5.74, 6) is -0.680. The van der Waals surface area contributed by atoms with Crippen molar-refractivity contribution < 1.29 is 19.5 Å². The van der Waals surface area contributed by atoms with Crippen LogP contribution < -0.4 is 10.6 Å². The zero-order chi connectivity index (χ0) is 26.0. The van der Waals surface area contributed by atoms with Gasteiger partial charge in [-0.05, 0) is 31.4 Å². The highest BCUT2D eigenvalue weighted by Gasteiger charge is 2.17. The Morgan fingerprint density at radius 1 is 1.36 bits per heavy atom. The van der Waals surface area contributed by atoms with E-state index in [-0.39, 0.29) is 23.1 Å². The number of pyridine rings is 1. The number of halogens is 1. The SMILES string of the molecule is [2H]C([2H])([2H])C([2H])(Nc1cc(-c2c[nH]c(C(=O)NC(CO)c3ccccc3)c2)c(Cl)cn1)C([2H])([2H])[2H]. The van der Waals surface area contributed by atoms with Crippen LogP contribution in [0.25, 0.3) is 11.1 Å². The normalized spacial score (nSPS) is 17.0. The van der Waals surface area contributed by atoms with Gasteiger partial charge in [-0.15, -0.1) is 0 Å². The molecule has 4 N–H and O–H groups in total. The molecule has 0 bridgehead atoms. The Kier molecular flexibility index (Phi) is 4.01. The number of H-pyrrole nitrogens is 1. The smallest absolute Gasteiger partial charge is 0.268 e. The van der Waals surface area contributed by atoms with Gasteiger partial charge >= 0.3 is 0 Å². The topological polar surface area (TPSA) is 90.0 Å². The molecule has 0 fully saturated rings. The molecule has 0 aliphatic carbocycles. The van der Waals surface area contributed by atoms with Crippen molar-refractivity contribution in [3.05, 3.63) is 71.1 Å². The van der Waals surface area contributed by atoms with Crippen LogP contribution in [0.4, 0.5) is 5.82 Å². The summed E-state index contributed by atoms with van der Waals surface area (Å²) in [6.07, 6.45) is 2.67. The van der Waals surface area contributed by atoms with Gasteiger partial charge in [0.1, 0.15) is 11.5 Å². The maximum Gasteiger partial charge on any atom is 0.268 e. The van der Waals surface area contributed by atoms with Gasteiger partial charge in [-0.3, -0.25) is 4.79 Å². The molecule has 3 aromatic rings. The van der Waals surface area contributed by atoms with Gasteiger partial charge in [0.25, 0.3) is 5.91 Å². The molecular weight excluding hydrogens is 376 g/mol. The third kappa shape index (κ3) is 4.71. The Balaban J connectivity index is 1.86. The third-order valence-corrected chi connectivity index (χ3v) is 4.34. The minimum absolute atomic E-state index is 0.150. The van der Waals surface area contributed by atoms with E-state index in [0.717, 1.165) is 5.56 Å². The first kappa shape index (κ1) is 12.6. The fourth-order valence-corrected chi connectivity index (χ4v) is 2.91. The zero-order valence-electron chi connectivity index (χ0n) is 21.7. The number of carbonyl (C=O) groups is 1. The molecule has 1 atom stereocenters. The molecule has 28 heavy (non-hydrogen) atoms. The average Bonchev–Trinajstić information content (AvgIpc) is 3.28. The fraction of sp³-hybridized carbons (Fsp3) is 0.238. The second-order valence-corrected chi connectivity index (χ2v) is 6.38. The van der Waals surface area contributed by atoms with Gasteiger partial charge in [0, 0.05) is 37.8 Å². The third-order valence-electron chi connectivity index (χ3n) is 4.04. The van der Waals surface area contributed by atoms with Gasteiger partial charge in [-0.25, -0.2) is 4.98 Å². The van der Waals surface area contributed by atoms with Crippen LogP contribution in [0.5, 0.6) is 0 Å². The second kappa shape index (κ2) is 8.91. The molecule has 7 heteroatoms. The van der Waals surface area contributed by atoms with Crippen LogP contribution in [0, 0.1) is 0 Å². The molecule has 1 aromatic carbocycles. The largest absolute Gasteiger partial charge is 0.394 e. The Hall–Kier alpha value is -2.83. The quantitative estimate of drug-likeness (QED) is 0.478. The molecule has 2 heterocycles. The molecule has 0 aliphatic rings. The lowest BCUT2D eigenvalue weighted by molar-refractivity contribution is 0.0912. The van der Waals surface area contributed by atoms with Gasteiger partial charge in [0.15, 0.2) is 0 Å². The molecule has 0 spiro atoms. The molecule has 0 radical (unpaired) electrons. The first-order chi connectivity index (χ1) is 16.3. The van der Waals surface area contributed by atoms with E-state index < -0.39 is 31.7 Å². The van der Waals surface area contributed by atoms with Crippen LogP contribution in [-0.4, -0.2) is 33.6 Å². The number of nitrogens with one attached hydrogen (secondary N) is 3. The molecule has 0 aliphatic heterocycles. The highest BCUT2D eigenvalue weighted by atomic mass is 35.5. The molecule has 0 saturated heterocycles. The lowest BCUT2D eigenvalue weighted by Gasteiger charge is -2.16. The summed E-state index contributed by atoms with van der Waals surface area (Å²) >= 11 is 6.25. The fourth-order valence-electron chi connectivity index (χ4n) is 2.69. The van der Waals surface area contributed by atoms with Crippen LogP contribution in [0.1, 0.15) is 45.4 Å². The second-order valence-electron chi connectivity index (χ2n) is 5.97. The Labute approximate surface area is 178 Å². The van der Waals surface area contributed by atoms with E-state index in [2.05, 4.69) is 20.6 Å². The van der Waals surface area contributed by atoms with Crippen LogP contribution in [-0.2, 0) is 0 Å². The van der Waals surface area contributed by atoms with Gasteiger partial charge < -0.3 is 20.7 Å². The number of anilines is 1. The highest BCUT2D eigenvalue weighted by molar-refractivity contribution is 6.33. The number of hydrogen-bond acceptors (Lipinski definition) is 4. The van der Waals surface area contributed by atoms with Crippen molar-refractivity contribution in [3.63, 3.8) is 0 Å². The molecule has 146 valence electrons. The van der Waals surface area contributed by atoms with E-state index in [0.29, 0.717) is 11.1 Å². The Bertz CT molecular complexity index is 1170. The number of hydrogen-bond donors (Lipinski definition) is 4. The summed E-state index contributed by atoms with van der Waals surface area (Å²) in [5, 5.41) is 14.8. The van der Waals surface area contributed by atoms with Crippen molar-refractivity contribution in [2.75, 3.05) is 11.9 Å². The summed E-state index contributed by atoms with van der Waals surface area (Å²) < 4.78 is 53.3. The molecule has 6 nitrogen and oxygen atoms in total. The maximum atomic E-state index is 12.7. The van der Waals surface area contributed by atoms with Gasteiger partial charge in [-0.2, -0.15) is 0 Å². The maximum absolute atomic E-state index is 12.7. The summed E-state index contributed by atoms with van der Waals surface area (Å²) in [6, 6.07) is 8.10. The van der Waals surface area contributed by atoms with E-state index in [4.69, 9.17) is 21.2 Å². The molecule has 1 unspecified atom stereocenters. The number of carbonyl (C=O) groups excluding carboxylic acids is 1. The van der Waals surface area contributed by atoms with Crippen molar-refractivity contribution in [3.8, 4) is 11.1 Å². The molecule has 1 amide bonds. The zero-order valence-corrected chi connectivity index (χ0v) is 15.4. The lowest BCUT2D eigenvalue weighted by atomic mass is 10.1. The number of rotatable bonds is 7. The van der Waals surface area contributed by atoms with Gasteiger partial charge in [0.05, 0.1) is 19.0 Å². The number of aliphatic hydroxyl groups excluding tert-OH is 1. The number of benzene rings is 1. The van der Waals surface area contributed by atoms with E-state index in [1.165, 1.54) is 24.5 Å². The summed E-state index contributed by atoms with van der Waals surface area (Å²) in [7, 11) is 0. The highest BCUT2D eigenvalue weighted by Crippen LogP contribution is 2.30. The van der Waals surface area contributed by atoms with Crippen molar-refractivity contribution in [1.29, 1.82) is 0 Å². The Morgan fingerprint density at radius 3 is 2.86 bits per heavy atom. The van der Waals surface area contributed by atoms with Crippen molar-refractivity contribution in [2.24, 2.45) is 0 Å². The number of aromatic nitrogens is 2. The molecule has 2 aromatic heterocycles. The van der Waals surface area contributed by atoms with Gasteiger partial charge in [-0.1, -0.05) is 41.9 Å². The summed E-state index contributed by atoms with van der Waals surface area (Å²) in [6.45, 7) is -6.70. The van der Waals surface area contributed by atoms with E-state index in [1.807, 2.05) is 6.07 Å². The summed E-state index contributed by atoms with van der Waals surface area (Å²) in [5.41, 5.74) is 1.64. The number of nitrogens with zero attached hydrogens (tertiary/aromatic N) is 1. The first-order valence-corrected chi connectivity index (χ1v) is 8.74. The predicted octanol–water partition coefficient (Wildman–Crippen LogP) is 4.01. The van der Waals surface area contributed by atoms with E-state index in [1.54, 1.807) is 24.3 Å². The molecule has 3 rings (SSSR count). The van der Waals surface area contributed by atoms with Crippen LogP contribution in [0.15, 0.2) is 54.9 Å². The monoisotopic (exact) mass is 405 g/mol. The number of amides is 1. The molecule has 0 saturated carbocycles. The van der Waals surface area contributed by atoms with Crippen LogP contribution >= 0.6 is 11.6 Å². The molecular formula is C21H23ClN4O2. The average molecular weight is 406 g/mol. The number of aromatic amines is 1. The summed E-state index contributed by atoms with van der Waals surface area (Å²) in [4.78, 5) is 19.5. The first-order valence-electron chi connectivity index (χ1n) is 11.9. The minimum atomic E-state index is -3.19.